The Hall–Kier alpha value is -3.75. The van der Waals surface area contributed by atoms with Crippen LogP contribution < -0.4 is 25.2 Å². The number of nitrogens with zero attached hydrogens (tertiary/aromatic N) is 3. The van der Waals surface area contributed by atoms with Gasteiger partial charge in [-0.25, -0.2) is 4.98 Å². The number of H-pyrrole nitrogens is 1. The zero-order valence-electron chi connectivity index (χ0n) is 30.6. The second-order valence-electron chi connectivity index (χ2n) is 14.4. The average Bonchev–Trinajstić information content (AvgIpc) is 3.46. The maximum Gasteiger partial charge on any atom is 0.389 e. The molecule has 0 spiro atoms. The summed E-state index contributed by atoms with van der Waals surface area (Å²) >= 11 is 1.45. The van der Waals surface area contributed by atoms with Gasteiger partial charge in [-0.3, -0.25) is 9.59 Å². The van der Waals surface area contributed by atoms with Crippen LogP contribution in [0.2, 0.25) is 0 Å². The van der Waals surface area contributed by atoms with E-state index in [-0.39, 0.29) is 42.6 Å². The summed E-state index contributed by atoms with van der Waals surface area (Å²) in [4.78, 5) is 39.4. The van der Waals surface area contributed by atoms with E-state index in [2.05, 4.69) is 20.1 Å². The van der Waals surface area contributed by atoms with Crippen LogP contribution >= 0.6 is 11.8 Å². The minimum atomic E-state index is -4.15. The Morgan fingerprint density at radius 3 is 2.42 bits per heavy atom. The molecule has 282 valence electrons. The van der Waals surface area contributed by atoms with Crippen molar-refractivity contribution in [3.05, 3.63) is 63.2 Å². The Kier molecular flexibility index (Phi) is 11.2. The Morgan fingerprint density at radius 2 is 1.79 bits per heavy atom. The zero-order chi connectivity index (χ0) is 37.4. The van der Waals surface area contributed by atoms with Gasteiger partial charge >= 0.3 is 6.18 Å². The van der Waals surface area contributed by atoms with Gasteiger partial charge in [-0.1, -0.05) is 0 Å². The van der Waals surface area contributed by atoms with Crippen molar-refractivity contribution in [3.63, 3.8) is 0 Å². The lowest BCUT2D eigenvalue weighted by atomic mass is 9.89. The number of alkyl halides is 3. The number of hydrogen-bond donors (Lipinski definition) is 2. The Bertz CT molecular complexity index is 1820. The standard InChI is InChI=1S/C38H48F3N5O5S/c1-22-16-31(52-6)30(36(48)44-22)19-43-35(47)28-17-29(26-8-9-32(42-18-26)46-20-23(2)49-24(3)21-46)34-33(25(28)4)50-37(5,51-34)27-10-14-45(15-11-27)13-7-12-38(39,40)41/h8-9,16-18,23-24,27H,7,10-15,19-21H2,1-6H3,(H,43,47)(H,44,48)/t23-,24+,37-/m0/s1. The number of carbonyl (C=O) groups is 1. The molecule has 5 heterocycles. The van der Waals surface area contributed by atoms with Gasteiger partial charge in [0.25, 0.3) is 17.3 Å². The third kappa shape index (κ3) is 8.39. The number of fused-ring (bicyclic) bond motifs is 1. The first-order valence-corrected chi connectivity index (χ1v) is 19.1. The summed E-state index contributed by atoms with van der Waals surface area (Å²) in [6, 6.07) is 7.62. The van der Waals surface area contributed by atoms with Crippen LogP contribution in [-0.2, 0) is 11.3 Å². The molecule has 2 saturated heterocycles. The molecule has 0 aliphatic carbocycles. The van der Waals surface area contributed by atoms with E-state index < -0.39 is 18.4 Å². The lowest BCUT2D eigenvalue weighted by Crippen LogP contribution is -2.48. The van der Waals surface area contributed by atoms with Gasteiger partial charge in [-0.05, 0) is 97.1 Å². The number of rotatable bonds is 10. The highest BCUT2D eigenvalue weighted by Crippen LogP contribution is 2.52. The molecule has 6 rings (SSSR count). The normalized spacial score (nSPS) is 22.5. The molecule has 2 aromatic heterocycles. The van der Waals surface area contributed by atoms with Gasteiger partial charge in [-0.15, -0.1) is 11.8 Å². The quantitative estimate of drug-likeness (QED) is 0.216. The molecular formula is C38H48F3N5O5S. The van der Waals surface area contributed by atoms with E-state index in [9.17, 15) is 22.8 Å². The van der Waals surface area contributed by atoms with E-state index in [4.69, 9.17) is 19.2 Å². The number of nitrogens with one attached hydrogen (secondary N) is 2. The van der Waals surface area contributed by atoms with E-state index in [0.29, 0.717) is 66.2 Å². The van der Waals surface area contributed by atoms with Gasteiger partial charge in [0, 0.05) is 83.5 Å². The van der Waals surface area contributed by atoms with Crippen molar-refractivity contribution in [3.8, 4) is 22.6 Å². The molecule has 14 heteroatoms. The molecule has 1 amide bonds. The predicted molar refractivity (Wildman–Crippen MR) is 195 cm³/mol. The smallest absolute Gasteiger partial charge is 0.389 e. The number of amides is 1. The van der Waals surface area contributed by atoms with Gasteiger partial charge in [0.15, 0.2) is 11.5 Å². The summed E-state index contributed by atoms with van der Waals surface area (Å²) in [5.74, 6) is 0.364. The molecule has 10 nitrogen and oxygen atoms in total. The summed E-state index contributed by atoms with van der Waals surface area (Å²) in [6.07, 6.45) is 0.328. The van der Waals surface area contributed by atoms with E-state index in [1.54, 1.807) is 12.3 Å². The summed E-state index contributed by atoms with van der Waals surface area (Å²) < 4.78 is 57.5. The van der Waals surface area contributed by atoms with E-state index in [0.717, 1.165) is 35.1 Å². The van der Waals surface area contributed by atoms with Crippen molar-refractivity contribution in [2.24, 2.45) is 5.92 Å². The number of aromatic nitrogens is 2. The topological polar surface area (TPSA) is 109 Å². The van der Waals surface area contributed by atoms with Gasteiger partial charge < -0.3 is 34.3 Å². The van der Waals surface area contributed by atoms with Gasteiger partial charge in [0.05, 0.1) is 12.2 Å². The molecule has 2 fully saturated rings. The third-order valence-electron chi connectivity index (χ3n) is 10.3. The van der Waals surface area contributed by atoms with Crippen LogP contribution in [0.5, 0.6) is 11.5 Å². The Labute approximate surface area is 306 Å². The molecule has 52 heavy (non-hydrogen) atoms. The maximum atomic E-state index is 13.9. The highest BCUT2D eigenvalue weighted by Gasteiger charge is 2.47. The van der Waals surface area contributed by atoms with Gasteiger partial charge in [0.2, 0.25) is 0 Å². The van der Waals surface area contributed by atoms with E-state index in [1.807, 2.05) is 59.1 Å². The molecular weight excluding hydrogens is 696 g/mol. The number of benzene rings is 1. The monoisotopic (exact) mass is 743 g/mol. The van der Waals surface area contributed by atoms with Crippen LogP contribution in [0.4, 0.5) is 19.0 Å². The largest absolute Gasteiger partial charge is 0.448 e. The maximum absolute atomic E-state index is 13.9. The van der Waals surface area contributed by atoms with Gasteiger partial charge in [0.1, 0.15) is 5.82 Å². The fourth-order valence-corrected chi connectivity index (χ4v) is 8.29. The molecule has 3 atom stereocenters. The molecule has 3 aliphatic rings. The first-order valence-electron chi connectivity index (χ1n) is 17.9. The fourth-order valence-electron chi connectivity index (χ4n) is 7.58. The minimum Gasteiger partial charge on any atom is -0.448 e. The summed E-state index contributed by atoms with van der Waals surface area (Å²) in [6.45, 7) is 12.8. The third-order valence-corrected chi connectivity index (χ3v) is 11.1. The number of morpholine rings is 1. The number of aryl methyl sites for hydroxylation is 1. The molecule has 0 saturated carbocycles. The number of likely N-dealkylation sites (tertiary alicyclic amines) is 1. The highest BCUT2D eigenvalue weighted by atomic mass is 32.2. The lowest BCUT2D eigenvalue weighted by Gasteiger charge is -2.39. The number of halogens is 3. The fraction of sp³-hybridized carbons (Fsp3) is 0.553. The number of aromatic amines is 1. The Balaban J connectivity index is 1.28. The molecule has 1 aromatic carbocycles. The van der Waals surface area contributed by atoms with Crippen LogP contribution in [-0.4, -0.2) is 83.9 Å². The molecule has 3 aromatic rings. The van der Waals surface area contributed by atoms with E-state index in [1.165, 1.54) is 11.8 Å². The van der Waals surface area contributed by atoms with Crippen LogP contribution in [0.1, 0.15) is 73.6 Å². The first kappa shape index (κ1) is 38.0. The summed E-state index contributed by atoms with van der Waals surface area (Å²) in [5.41, 5.74) is 3.37. The van der Waals surface area contributed by atoms with Crippen LogP contribution in [0.25, 0.3) is 11.1 Å². The number of pyridine rings is 2. The number of carbonyl (C=O) groups excluding carboxylic acids is 1. The number of thioether (sulfide) groups is 1. The van der Waals surface area contributed by atoms with E-state index >= 15 is 0 Å². The predicted octanol–water partition coefficient (Wildman–Crippen LogP) is 6.86. The number of piperidine rings is 1. The van der Waals surface area contributed by atoms with Crippen LogP contribution in [0.3, 0.4) is 0 Å². The van der Waals surface area contributed by atoms with Crippen LogP contribution in [0.15, 0.2) is 40.2 Å². The lowest BCUT2D eigenvalue weighted by molar-refractivity contribution is -0.137. The molecule has 0 bridgehead atoms. The molecule has 0 unspecified atom stereocenters. The number of ether oxygens (including phenoxy) is 3. The minimum absolute atomic E-state index is 0.0349. The molecule has 0 radical (unpaired) electrons. The Morgan fingerprint density at radius 1 is 1.10 bits per heavy atom. The molecule has 3 aliphatic heterocycles. The van der Waals surface area contributed by atoms with Crippen molar-refractivity contribution in [1.82, 2.24) is 20.2 Å². The van der Waals surface area contributed by atoms with Gasteiger partial charge in [-0.2, -0.15) is 13.2 Å². The SMILES string of the molecule is CSc1cc(C)[nH]c(=O)c1CNC(=O)c1cc(-c2ccc(N3C[C@@H](C)O[C@@H](C)C3)nc2)c2c(c1C)O[C@](C)(C1CCN(CCCC(F)(F)F)CC1)O2. The van der Waals surface area contributed by atoms with Crippen LogP contribution in [0, 0.1) is 19.8 Å². The van der Waals surface area contributed by atoms with Crippen molar-refractivity contribution < 1.29 is 32.2 Å². The van der Waals surface area contributed by atoms with Crippen molar-refractivity contribution in [1.29, 1.82) is 0 Å². The zero-order valence-corrected chi connectivity index (χ0v) is 31.4. The number of hydrogen-bond acceptors (Lipinski definition) is 9. The summed E-state index contributed by atoms with van der Waals surface area (Å²) in [7, 11) is 0. The number of anilines is 1. The van der Waals surface area contributed by atoms with Crippen molar-refractivity contribution in [2.45, 2.75) is 95.9 Å². The molecule has 2 N–H and O–H groups in total. The first-order chi connectivity index (χ1) is 24.6. The second kappa shape index (κ2) is 15.3. The van der Waals surface area contributed by atoms with Crippen molar-refractivity contribution in [2.75, 3.05) is 43.9 Å². The second-order valence-corrected chi connectivity index (χ2v) is 15.2. The summed E-state index contributed by atoms with van der Waals surface area (Å²) in [5, 5.41) is 2.96. The van der Waals surface area contributed by atoms with Crippen molar-refractivity contribution >= 4 is 23.5 Å². The highest BCUT2D eigenvalue weighted by molar-refractivity contribution is 7.98. The average molecular weight is 744 g/mol.